The molecule has 5 heteroatoms. The van der Waals surface area contributed by atoms with Crippen molar-refractivity contribution in [2.45, 2.75) is 0 Å². The van der Waals surface area contributed by atoms with Crippen LogP contribution in [-0.2, 0) is 0 Å². The van der Waals surface area contributed by atoms with E-state index in [1.807, 2.05) is 47.7 Å². The van der Waals surface area contributed by atoms with E-state index < -0.39 is 0 Å². The van der Waals surface area contributed by atoms with E-state index in [1.165, 1.54) is 63.6 Å². The van der Waals surface area contributed by atoms with E-state index in [0.717, 1.165) is 33.5 Å². The van der Waals surface area contributed by atoms with Gasteiger partial charge in [-0.3, -0.25) is 0 Å². The second kappa shape index (κ2) is 13.1. The fourth-order valence-electron chi connectivity index (χ4n) is 8.71. The number of rotatable bonds is 5. The number of para-hydroxylation sites is 1. The lowest BCUT2D eigenvalue weighted by Gasteiger charge is -2.18. The van der Waals surface area contributed by atoms with Gasteiger partial charge in [-0.15, -0.1) is 11.3 Å². The van der Waals surface area contributed by atoms with Gasteiger partial charge >= 0.3 is 0 Å². The maximum Gasteiger partial charge on any atom is 0.164 e. The largest absolute Gasteiger partial charge is 0.309 e. The molecule has 0 spiro atoms. The lowest BCUT2D eigenvalue weighted by Crippen LogP contribution is -2.02. The quantitative estimate of drug-likeness (QED) is 0.176. The number of thiophene rings is 1. The molecule has 0 aliphatic carbocycles. The number of benzene rings is 9. The second-order valence-corrected chi connectivity index (χ2v) is 15.8. The molecular weight excluding hydrogens is 725 g/mol. The highest BCUT2D eigenvalue weighted by Crippen LogP contribution is 2.47. The van der Waals surface area contributed by atoms with Gasteiger partial charge in [0.15, 0.2) is 17.5 Å². The molecule has 0 aliphatic heterocycles. The van der Waals surface area contributed by atoms with Crippen molar-refractivity contribution in [2.75, 3.05) is 0 Å². The van der Waals surface area contributed by atoms with Gasteiger partial charge in [0.2, 0.25) is 0 Å². The third-order valence-electron chi connectivity index (χ3n) is 11.4. The van der Waals surface area contributed by atoms with E-state index in [9.17, 15) is 0 Å². The third-order valence-corrected chi connectivity index (χ3v) is 12.6. The summed E-state index contributed by atoms with van der Waals surface area (Å²) < 4.78 is 5.02. The first-order chi connectivity index (χ1) is 28.7. The van der Waals surface area contributed by atoms with Gasteiger partial charge in [0.1, 0.15) is 0 Å². The zero-order chi connectivity index (χ0) is 38.2. The highest BCUT2D eigenvalue weighted by molar-refractivity contribution is 7.26. The van der Waals surface area contributed by atoms with Crippen LogP contribution in [0.15, 0.2) is 194 Å². The summed E-state index contributed by atoms with van der Waals surface area (Å²) in [5, 5.41) is 9.88. The van der Waals surface area contributed by atoms with E-state index >= 15 is 0 Å². The molecule has 0 amide bonds. The van der Waals surface area contributed by atoms with Crippen LogP contribution in [0.4, 0.5) is 0 Å². The van der Waals surface area contributed by atoms with Crippen LogP contribution < -0.4 is 0 Å². The molecular formula is C53H32N4S. The fraction of sp³-hybridized carbons (Fsp3) is 0. The topological polar surface area (TPSA) is 43.6 Å². The summed E-state index contributed by atoms with van der Waals surface area (Å²) in [5.74, 6) is 1.91. The zero-order valence-corrected chi connectivity index (χ0v) is 32.0. The Labute approximate surface area is 338 Å². The zero-order valence-electron chi connectivity index (χ0n) is 31.2. The summed E-state index contributed by atoms with van der Waals surface area (Å²) in [6.07, 6.45) is 0. The molecule has 58 heavy (non-hydrogen) atoms. The van der Waals surface area contributed by atoms with Crippen LogP contribution in [0.5, 0.6) is 0 Å². The molecule has 9 aromatic carbocycles. The van der Waals surface area contributed by atoms with Gasteiger partial charge in [-0.1, -0.05) is 146 Å². The molecule has 0 saturated carbocycles. The molecule has 0 bridgehead atoms. The summed E-state index contributed by atoms with van der Waals surface area (Å²) in [5.41, 5.74) is 8.51. The Hall–Kier alpha value is -7.47. The van der Waals surface area contributed by atoms with Crippen molar-refractivity contribution in [2.24, 2.45) is 0 Å². The van der Waals surface area contributed by atoms with Gasteiger partial charge in [0.25, 0.3) is 0 Å². The first-order valence-corrected chi connectivity index (χ1v) is 20.3. The maximum absolute atomic E-state index is 5.19. The van der Waals surface area contributed by atoms with Crippen LogP contribution >= 0.6 is 11.3 Å². The highest BCUT2D eigenvalue weighted by atomic mass is 32.1. The molecule has 0 saturated heterocycles. The van der Waals surface area contributed by atoms with Crippen LogP contribution in [0, 0.1) is 0 Å². The average molecular weight is 757 g/mol. The first kappa shape index (κ1) is 32.7. The lowest BCUT2D eigenvalue weighted by atomic mass is 9.93. The number of hydrogen-bond acceptors (Lipinski definition) is 4. The number of aromatic nitrogens is 4. The first-order valence-electron chi connectivity index (χ1n) is 19.5. The molecule has 3 aromatic heterocycles. The van der Waals surface area contributed by atoms with Gasteiger partial charge in [0, 0.05) is 53.2 Å². The van der Waals surface area contributed by atoms with Gasteiger partial charge in [0.05, 0.1) is 16.7 Å². The monoisotopic (exact) mass is 756 g/mol. The smallest absolute Gasteiger partial charge is 0.164 e. The van der Waals surface area contributed by atoms with Crippen LogP contribution in [0.25, 0.3) is 115 Å². The summed E-state index contributed by atoms with van der Waals surface area (Å²) in [7, 11) is 0. The average Bonchev–Trinajstić information content (AvgIpc) is 3.84. The number of fused-ring (bicyclic) bond motifs is 9. The lowest BCUT2D eigenvalue weighted by molar-refractivity contribution is 1.07. The Bertz CT molecular complexity index is 3510. The summed E-state index contributed by atoms with van der Waals surface area (Å²) in [6, 6.07) is 69.3. The van der Waals surface area contributed by atoms with Gasteiger partial charge in [-0.25, -0.2) is 15.0 Å². The Morgan fingerprint density at radius 3 is 1.66 bits per heavy atom. The third kappa shape index (κ3) is 5.18. The van der Waals surface area contributed by atoms with E-state index in [1.54, 1.807) is 0 Å². The molecule has 0 N–H and O–H groups in total. The molecule has 0 radical (unpaired) electrons. The minimum absolute atomic E-state index is 0.626. The molecule has 12 aromatic rings. The molecule has 3 heterocycles. The van der Waals surface area contributed by atoms with Crippen LogP contribution in [0.2, 0.25) is 0 Å². The van der Waals surface area contributed by atoms with Crippen LogP contribution in [0.3, 0.4) is 0 Å². The molecule has 4 nitrogen and oxygen atoms in total. The number of hydrogen-bond donors (Lipinski definition) is 0. The summed E-state index contributed by atoms with van der Waals surface area (Å²) >= 11 is 1.87. The Kier molecular flexibility index (Phi) is 7.37. The number of nitrogens with zero attached hydrogens (tertiary/aromatic N) is 4. The Morgan fingerprint density at radius 2 is 0.931 bits per heavy atom. The molecule has 0 atom stereocenters. The Morgan fingerprint density at radius 1 is 0.362 bits per heavy atom. The summed E-state index contributed by atoms with van der Waals surface area (Å²) in [6.45, 7) is 0. The SMILES string of the molecule is c1ccc(-c2nc(-c3ccccc3)nc(-c3ccc(-n4c5ccccc5c5cc6ccccc6cc54)c(-c4cc5ccccc5c5sc6ccccc6c45)c3)n2)cc1. The molecule has 270 valence electrons. The second-order valence-electron chi connectivity index (χ2n) is 14.8. The minimum atomic E-state index is 0.626. The standard InChI is InChI=1S/C53H32N4S/c1-3-15-33(16-4-1)51-54-52(34-17-5-2-6-18-34)56-53(55-51)38-27-28-46(57-45-25-13-11-23-40(45)42-29-35-19-7-8-20-36(35)32-47(42)57)43(31-38)44-30-37-21-9-10-22-39(37)50-49(44)41-24-12-14-26-48(41)58-50/h1-32H. The van der Waals surface area contributed by atoms with Gasteiger partial charge in [-0.2, -0.15) is 0 Å². The van der Waals surface area contributed by atoms with Crippen molar-refractivity contribution < 1.29 is 0 Å². The predicted octanol–water partition coefficient (Wildman–Crippen LogP) is 14.3. The van der Waals surface area contributed by atoms with Gasteiger partial charge in [-0.05, 0) is 75.6 Å². The summed E-state index contributed by atoms with van der Waals surface area (Å²) in [4.78, 5) is 15.4. The van der Waals surface area contributed by atoms with E-state index in [2.05, 4.69) is 162 Å². The van der Waals surface area contributed by atoms with E-state index in [4.69, 9.17) is 15.0 Å². The van der Waals surface area contributed by atoms with E-state index in [0.29, 0.717) is 17.5 Å². The van der Waals surface area contributed by atoms with Crippen LogP contribution in [-0.4, -0.2) is 19.5 Å². The van der Waals surface area contributed by atoms with Crippen molar-refractivity contribution in [1.82, 2.24) is 19.5 Å². The van der Waals surface area contributed by atoms with Crippen molar-refractivity contribution in [3.63, 3.8) is 0 Å². The normalized spacial score (nSPS) is 11.8. The van der Waals surface area contributed by atoms with E-state index in [-0.39, 0.29) is 0 Å². The van der Waals surface area contributed by atoms with Crippen molar-refractivity contribution in [3.8, 4) is 51.0 Å². The van der Waals surface area contributed by atoms with Gasteiger partial charge < -0.3 is 4.57 Å². The molecule has 0 fully saturated rings. The highest BCUT2D eigenvalue weighted by Gasteiger charge is 2.22. The predicted molar refractivity (Wildman–Crippen MR) is 244 cm³/mol. The minimum Gasteiger partial charge on any atom is -0.309 e. The van der Waals surface area contributed by atoms with Crippen molar-refractivity contribution in [1.29, 1.82) is 0 Å². The Balaban J connectivity index is 1.21. The fourth-order valence-corrected chi connectivity index (χ4v) is 9.97. The molecule has 12 rings (SSSR count). The van der Waals surface area contributed by atoms with Crippen molar-refractivity contribution in [3.05, 3.63) is 194 Å². The maximum atomic E-state index is 5.19. The molecule has 0 unspecified atom stereocenters. The van der Waals surface area contributed by atoms with Crippen LogP contribution in [0.1, 0.15) is 0 Å². The van der Waals surface area contributed by atoms with Crippen molar-refractivity contribution >= 4 is 74.9 Å². The molecule has 0 aliphatic rings.